The third kappa shape index (κ3) is 7.02. The lowest BCUT2D eigenvalue weighted by Gasteiger charge is -2.45. The second-order valence-corrected chi connectivity index (χ2v) is 9.86. The Balaban J connectivity index is 0.000000368. The van der Waals surface area contributed by atoms with Gasteiger partial charge in [-0.1, -0.05) is 23.7 Å². The quantitative estimate of drug-likeness (QED) is 0.472. The maximum atomic E-state index is 13.2. The molecule has 6 rings (SSSR count). The predicted octanol–water partition coefficient (Wildman–Crippen LogP) is 3.41. The number of halogens is 2. The van der Waals surface area contributed by atoms with Gasteiger partial charge >= 0.3 is 11.9 Å². The fourth-order valence-electron chi connectivity index (χ4n) is 5.00. The SMILES string of the molecule is O=C(NC1CN2CCC1CC2)c1cc(Cl)cc2c1OCCN2Cc1ccc(F)cc1.O=C(O)C=CC(=O)O. The molecule has 3 saturated heterocycles. The number of aliphatic carboxylic acids is 2. The fourth-order valence-corrected chi connectivity index (χ4v) is 5.22. The van der Waals surface area contributed by atoms with E-state index in [0.29, 0.717) is 54.1 Å². The maximum Gasteiger partial charge on any atom is 0.328 e. The molecule has 1 atom stereocenters. The smallest absolute Gasteiger partial charge is 0.328 e. The Morgan fingerprint density at radius 3 is 2.29 bits per heavy atom. The Hall–Kier alpha value is -3.63. The molecule has 1 amide bonds. The molecule has 2 aromatic rings. The molecule has 3 N–H and O–H groups in total. The van der Waals surface area contributed by atoms with E-state index in [0.717, 1.165) is 43.7 Å². The van der Waals surface area contributed by atoms with Gasteiger partial charge in [0, 0.05) is 36.3 Å². The van der Waals surface area contributed by atoms with Gasteiger partial charge < -0.3 is 30.1 Å². The minimum atomic E-state index is -1.26. The average Bonchev–Trinajstić information content (AvgIpc) is 2.90. The van der Waals surface area contributed by atoms with Gasteiger partial charge in [0.25, 0.3) is 5.91 Å². The molecule has 1 unspecified atom stereocenters. The summed E-state index contributed by atoms with van der Waals surface area (Å²) in [6, 6.07) is 10.2. The summed E-state index contributed by atoms with van der Waals surface area (Å²) in [6.07, 6.45) is 3.39. The van der Waals surface area contributed by atoms with E-state index < -0.39 is 11.9 Å². The third-order valence-corrected chi connectivity index (χ3v) is 7.07. The second kappa shape index (κ2) is 12.3. The number of carbonyl (C=O) groups is 3. The molecule has 202 valence electrons. The topological polar surface area (TPSA) is 119 Å². The highest BCUT2D eigenvalue weighted by Crippen LogP contribution is 2.39. The number of piperidine rings is 3. The van der Waals surface area contributed by atoms with Gasteiger partial charge in [-0.3, -0.25) is 4.79 Å². The Kier molecular flexibility index (Phi) is 8.85. The van der Waals surface area contributed by atoms with Crippen molar-refractivity contribution in [2.45, 2.75) is 25.4 Å². The zero-order valence-electron chi connectivity index (χ0n) is 20.6. The summed E-state index contributed by atoms with van der Waals surface area (Å²) in [7, 11) is 0. The minimum absolute atomic E-state index is 0.129. The van der Waals surface area contributed by atoms with Crippen LogP contribution < -0.4 is 15.0 Å². The Morgan fingerprint density at radius 1 is 1.05 bits per heavy atom. The van der Waals surface area contributed by atoms with E-state index in [1.54, 1.807) is 18.2 Å². The van der Waals surface area contributed by atoms with Crippen LogP contribution in [0.25, 0.3) is 0 Å². The van der Waals surface area contributed by atoms with E-state index in [4.69, 9.17) is 26.6 Å². The van der Waals surface area contributed by atoms with Gasteiger partial charge in [0.2, 0.25) is 0 Å². The number of hydrogen-bond acceptors (Lipinski definition) is 6. The largest absolute Gasteiger partial charge is 0.489 e. The average molecular weight is 546 g/mol. The number of benzene rings is 2. The van der Waals surface area contributed by atoms with Crippen molar-refractivity contribution in [3.63, 3.8) is 0 Å². The molecule has 38 heavy (non-hydrogen) atoms. The Labute approximate surface area is 224 Å². The first-order chi connectivity index (χ1) is 18.2. The first kappa shape index (κ1) is 27.4. The molecular formula is C27H29ClFN3O6. The van der Waals surface area contributed by atoms with Gasteiger partial charge in [0.05, 0.1) is 17.8 Å². The first-order valence-corrected chi connectivity index (χ1v) is 12.7. The van der Waals surface area contributed by atoms with Crippen molar-refractivity contribution in [3.8, 4) is 5.75 Å². The number of amides is 1. The standard InChI is InChI=1S/C23H25ClFN3O2.C4H4O4/c24-17-11-19(23(29)26-20-14-27-7-5-16(20)6-8-27)22-21(12-17)28(9-10-30-22)13-15-1-3-18(25)4-2-15;5-3(6)1-2-4(7)8/h1-4,11-12,16,20H,5-10,13-14H2,(H,26,29);1-2H,(H,5,6)(H,7,8). The van der Waals surface area contributed by atoms with Crippen LogP contribution in [0.3, 0.4) is 0 Å². The molecule has 4 heterocycles. The molecule has 0 radical (unpaired) electrons. The van der Waals surface area contributed by atoms with Gasteiger partial charge in [0.15, 0.2) is 5.75 Å². The van der Waals surface area contributed by atoms with Crippen molar-refractivity contribution < 1.29 is 33.7 Å². The number of carboxylic acids is 2. The summed E-state index contributed by atoms with van der Waals surface area (Å²) in [5, 5.41) is 19.4. The van der Waals surface area contributed by atoms with Crippen LogP contribution in [-0.4, -0.2) is 71.8 Å². The van der Waals surface area contributed by atoms with Crippen molar-refractivity contribution in [1.82, 2.24) is 10.2 Å². The summed E-state index contributed by atoms with van der Waals surface area (Å²) in [5.74, 6) is -1.77. The number of fused-ring (bicyclic) bond motifs is 4. The van der Waals surface area contributed by atoms with Crippen LogP contribution in [-0.2, 0) is 16.1 Å². The normalized spacial score (nSPS) is 21.6. The molecule has 3 fully saturated rings. The summed E-state index contributed by atoms with van der Waals surface area (Å²) < 4.78 is 19.2. The molecule has 9 nitrogen and oxygen atoms in total. The van der Waals surface area contributed by atoms with Gasteiger partial charge in [-0.25, -0.2) is 14.0 Å². The summed E-state index contributed by atoms with van der Waals surface area (Å²) in [4.78, 5) is 36.8. The lowest BCUT2D eigenvalue weighted by Crippen LogP contribution is -2.57. The highest BCUT2D eigenvalue weighted by atomic mass is 35.5. The predicted molar refractivity (Wildman–Crippen MR) is 139 cm³/mol. The minimum Gasteiger partial charge on any atom is -0.489 e. The zero-order valence-corrected chi connectivity index (χ0v) is 21.4. The van der Waals surface area contributed by atoms with Crippen molar-refractivity contribution in [2.24, 2.45) is 5.92 Å². The lowest BCUT2D eigenvalue weighted by atomic mass is 9.84. The number of rotatable bonds is 6. The van der Waals surface area contributed by atoms with E-state index >= 15 is 0 Å². The maximum absolute atomic E-state index is 13.2. The zero-order chi connectivity index (χ0) is 27.2. The molecule has 2 aromatic carbocycles. The van der Waals surface area contributed by atoms with Crippen LogP contribution in [0.15, 0.2) is 48.6 Å². The molecule has 11 heteroatoms. The number of anilines is 1. The molecule has 2 bridgehead atoms. The number of ether oxygens (including phenoxy) is 1. The van der Waals surface area contributed by atoms with Crippen LogP contribution in [0.5, 0.6) is 5.75 Å². The molecule has 4 aliphatic heterocycles. The van der Waals surface area contributed by atoms with E-state index in [1.165, 1.54) is 12.1 Å². The van der Waals surface area contributed by atoms with Gasteiger partial charge in [-0.2, -0.15) is 0 Å². The monoisotopic (exact) mass is 545 g/mol. The van der Waals surface area contributed by atoms with Gasteiger partial charge in [-0.15, -0.1) is 0 Å². The van der Waals surface area contributed by atoms with Crippen molar-refractivity contribution in [1.29, 1.82) is 0 Å². The lowest BCUT2D eigenvalue weighted by molar-refractivity contribution is -0.134. The summed E-state index contributed by atoms with van der Waals surface area (Å²) in [5.41, 5.74) is 2.28. The van der Waals surface area contributed by atoms with Gasteiger partial charge in [-0.05, 0) is 61.7 Å². The van der Waals surface area contributed by atoms with Crippen molar-refractivity contribution in [2.75, 3.05) is 37.7 Å². The molecule has 4 aliphatic rings. The third-order valence-electron chi connectivity index (χ3n) is 6.85. The van der Waals surface area contributed by atoms with Crippen molar-refractivity contribution >= 4 is 35.1 Å². The molecule has 0 aliphatic carbocycles. The van der Waals surface area contributed by atoms with Crippen LogP contribution >= 0.6 is 11.6 Å². The van der Waals surface area contributed by atoms with E-state index in [2.05, 4.69) is 15.1 Å². The summed E-state index contributed by atoms with van der Waals surface area (Å²) >= 11 is 6.40. The Bertz CT molecular complexity index is 1200. The van der Waals surface area contributed by atoms with Crippen LogP contribution in [0.4, 0.5) is 10.1 Å². The molecule has 0 spiro atoms. The van der Waals surface area contributed by atoms with Crippen LogP contribution in [0.2, 0.25) is 5.02 Å². The molecular weight excluding hydrogens is 517 g/mol. The summed E-state index contributed by atoms with van der Waals surface area (Å²) in [6.45, 7) is 4.92. The number of nitrogens with one attached hydrogen (secondary N) is 1. The molecule has 0 aromatic heterocycles. The van der Waals surface area contributed by atoms with E-state index in [1.807, 2.05) is 6.07 Å². The van der Waals surface area contributed by atoms with Crippen LogP contribution in [0, 0.1) is 11.7 Å². The Morgan fingerprint density at radius 2 is 1.71 bits per heavy atom. The number of carboxylic acid groups (broad SMARTS) is 2. The molecule has 0 saturated carbocycles. The van der Waals surface area contributed by atoms with E-state index in [-0.39, 0.29) is 17.8 Å². The van der Waals surface area contributed by atoms with Gasteiger partial charge in [0.1, 0.15) is 12.4 Å². The first-order valence-electron chi connectivity index (χ1n) is 12.3. The number of nitrogens with zero attached hydrogens (tertiary/aromatic N) is 2. The number of hydrogen-bond donors (Lipinski definition) is 3. The van der Waals surface area contributed by atoms with E-state index in [9.17, 15) is 18.8 Å². The van der Waals surface area contributed by atoms with Crippen LogP contribution in [0.1, 0.15) is 28.8 Å². The fraction of sp³-hybridized carbons (Fsp3) is 0.370. The second-order valence-electron chi connectivity index (χ2n) is 9.43. The highest BCUT2D eigenvalue weighted by Gasteiger charge is 2.36. The highest BCUT2D eigenvalue weighted by molar-refractivity contribution is 6.31. The number of carbonyl (C=O) groups excluding carboxylic acids is 1. The van der Waals surface area contributed by atoms with Crippen molar-refractivity contribution in [3.05, 3.63) is 70.5 Å².